The van der Waals surface area contributed by atoms with Gasteiger partial charge in [0.2, 0.25) is 0 Å². The first-order valence-electron chi connectivity index (χ1n) is 5.97. The molecule has 0 radical (unpaired) electrons. The van der Waals surface area contributed by atoms with E-state index in [1.807, 2.05) is 27.7 Å². The molecule has 2 rings (SSSR count). The van der Waals surface area contributed by atoms with Gasteiger partial charge in [0, 0.05) is 0 Å². The van der Waals surface area contributed by atoms with Gasteiger partial charge in [-0.05, 0) is 27.2 Å². The van der Waals surface area contributed by atoms with Gasteiger partial charge in [-0.25, -0.2) is 0 Å². The van der Waals surface area contributed by atoms with Gasteiger partial charge in [0.25, 0.3) is 0 Å². The van der Waals surface area contributed by atoms with Crippen LogP contribution in [-0.4, -0.2) is 40.8 Å². The predicted molar refractivity (Wildman–Crippen MR) is 66.2 cm³/mol. The number of carbonyl (C=O) groups excluding carboxylic acids is 1. The van der Waals surface area contributed by atoms with Crippen molar-refractivity contribution in [3.8, 4) is 0 Å². The number of ether oxygens (including phenoxy) is 3. The van der Waals surface area contributed by atoms with Crippen molar-refractivity contribution in [1.29, 1.82) is 0 Å². The van der Waals surface area contributed by atoms with E-state index in [1.165, 1.54) is 0 Å². The minimum atomic E-state index is -0.621. The van der Waals surface area contributed by atoms with E-state index in [1.54, 1.807) is 0 Å². The maximum Gasteiger partial charge on any atom is 0.164 e. The molecule has 0 N–H and O–H groups in total. The van der Waals surface area contributed by atoms with E-state index in [4.69, 9.17) is 14.2 Å². The fourth-order valence-corrected chi connectivity index (χ4v) is 3.52. The van der Waals surface area contributed by atoms with Gasteiger partial charge < -0.3 is 19.0 Å². The van der Waals surface area contributed by atoms with E-state index >= 15 is 0 Å². The summed E-state index contributed by atoms with van der Waals surface area (Å²) in [6.07, 6.45) is 1.24. The zero-order valence-electron chi connectivity index (χ0n) is 10.6. The molecule has 98 valence electrons. The molecule has 5 heteroatoms. The van der Waals surface area contributed by atoms with Gasteiger partial charge in [0.15, 0.2) is 5.79 Å². The van der Waals surface area contributed by atoms with Crippen LogP contribution in [0.4, 0.5) is 0 Å². The Labute approximate surface area is 110 Å². The highest BCUT2D eigenvalue weighted by Gasteiger charge is 2.64. The van der Waals surface area contributed by atoms with Crippen LogP contribution in [0.3, 0.4) is 0 Å². The van der Waals surface area contributed by atoms with Crippen LogP contribution in [0.1, 0.15) is 34.1 Å². The molecule has 0 aromatic heterocycles. The van der Waals surface area contributed by atoms with Crippen LogP contribution in [0.5, 0.6) is 0 Å². The van der Waals surface area contributed by atoms with Gasteiger partial charge in [0.05, 0.1) is 10.9 Å². The first kappa shape index (κ1) is 13.5. The molecule has 2 unspecified atom stereocenters. The number of fused-ring (bicyclic) bond motifs is 1. The number of halogens is 1. The van der Waals surface area contributed by atoms with Crippen LogP contribution in [0.15, 0.2) is 0 Å². The normalized spacial score (nSPS) is 45.6. The van der Waals surface area contributed by atoms with Crippen LogP contribution in [-0.2, 0) is 19.0 Å². The van der Waals surface area contributed by atoms with E-state index in [9.17, 15) is 4.79 Å². The lowest BCUT2D eigenvalue weighted by atomic mass is 9.91. The lowest BCUT2D eigenvalue weighted by molar-refractivity contribution is -0.202. The van der Waals surface area contributed by atoms with Crippen LogP contribution in [0, 0.1) is 0 Å². The Balaban J connectivity index is 2.30. The monoisotopic (exact) mass is 306 g/mol. The number of alkyl halides is 1. The standard InChI is InChI=1S/C12H19BrO4/c1-5-8-10-12(4,17-11(2,3)16-10)9(15-8)7(13)6-14/h6-10H,5H2,1-4H3/t7?,8-,9?,10-,12+/m1/s1. The van der Waals surface area contributed by atoms with Crippen molar-refractivity contribution in [3.05, 3.63) is 0 Å². The summed E-state index contributed by atoms with van der Waals surface area (Å²) in [5.41, 5.74) is -0.570. The van der Waals surface area contributed by atoms with Gasteiger partial charge in [-0.15, -0.1) is 0 Å². The maximum atomic E-state index is 11.0. The summed E-state index contributed by atoms with van der Waals surface area (Å²) < 4.78 is 17.8. The molecule has 0 aliphatic carbocycles. The molecule has 5 atom stereocenters. The van der Waals surface area contributed by atoms with Gasteiger partial charge in [-0.3, -0.25) is 0 Å². The van der Waals surface area contributed by atoms with Gasteiger partial charge in [-0.2, -0.15) is 0 Å². The highest BCUT2D eigenvalue weighted by molar-refractivity contribution is 9.10. The van der Waals surface area contributed by atoms with Crippen molar-refractivity contribution in [2.45, 2.75) is 68.6 Å². The summed E-state index contributed by atoms with van der Waals surface area (Å²) in [6, 6.07) is 0. The summed E-state index contributed by atoms with van der Waals surface area (Å²) in [6.45, 7) is 7.80. The average Bonchev–Trinajstić information content (AvgIpc) is 2.63. The number of hydrogen-bond donors (Lipinski definition) is 0. The maximum absolute atomic E-state index is 11.0. The van der Waals surface area contributed by atoms with Crippen molar-refractivity contribution in [1.82, 2.24) is 0 Å². The number of hydrogen-bond acceptors (Lipinski definition) is 4. The second kappa shape index (κ2) is 4.30. The quantitative estimate of drug-likeness (QED) is 0.591. The third kappa shape index (κ3) is 2.07. The Kier molecular flexibility index (Phi) is 3.40. The molecule has 0 amide bonds. The van der Waals surface area contributed by atoms with Gasteiger partial charge in [0.1, 0.15) is 24.1 Å². The van der Waals surface area contributed by atoms with Crippen molar-refractivity contribution in [3.63, 3.8) is 0 Å². The first-order chi connectivity index (χ1) is 7.84. The molecule has 0 bridgehead atoms. The zero-order chi connectivity index (χ0) is 12.8. The second-order valence-corrected chi connectivity index (χ2v) is 6.37. The Hall–Kier alpha value is 0.0300. The van der Waals surface area contributed by atoms with E-state index in [0.29, 0.717) is 0 Å². The number of aldehydes is 1. The molecular weight excluding hydrogens is 288 g/mol. The third-order valence-electron chi connectivity index (χ3n) is 3.49. The lowest BCUT2D eigenvalue weighted by Crippen LogP contribution is -2.47. The molecule has 2 fully saturated rings. The van der Waals surface area contributed by atoms with E-state index < -0.39 is 11.4 Å². The Morgan fingerprint density at radius 2 is 2.06 bits per heavy atom. The van der Waals surface area contributed by atoms with E-state index in [0.717, 1.165) is 12.7 Å². The van der Waals surface area contributed by atoms with Crippen LogP contribution in [0.2, 0.25) is 0 Å². The molecular formula is C12H19BrO4. The molecule has 0 saturated carbocycles. The van der Waals surface area contributed by atoms with Crippen molar-refractivity contribution < 1.29 is 19.0 Å². The molecule has 2 aliphatic heterocycles. The minimum Gasteiger partial charge on any atom is -0.367 e. The van der Waals surface area contributed by atoms with Gasteiger partial charge in [-0.1, -0.05) is 22.9 Å². The topological polar surface area (TPSA) is 44.8 Å². The molecule has 17 heavy (non-hydrogen) atoms. The Morgan fingerprint density at radius 1 is 1.41 bits per heavy atom. The van der Waals surface area contributed by atoms with E-state index in [-0.39, 0.29) is 23.1 Å². The summed E-state index contributed by atoms with van der Waals surface area (Å²) in [5.74, 6) is -0.621. The van der Waals surface area contributed by atoms with Crippen molar-refractivity contribution in [2.24, 2.45) is 0 Å². The number of rotatable bonds is 3. The summed E-state index contributed by atoms with van der Waals surface area (Å²) in [5, 5.41) is 0. The Morgan fingerprint density at radius 3 is 2.59 bits per heavy atom. The lowest BCUT2D eigenvalue weighted by Gasteiger charge is -2.30. The highest BCUT2D eigenvalue weighted by atomic mass is 79.9. The van der Waals surface area contributed by atoms with Crippen molar-refractivity contribution in [2.75, 3.05) is 0 Å². The smallest absolute Gasteiger partial charge is 0.164 e. The molecule has 0 spiro atoms. The van der Waals surface area contributed by atoms with Crippen molar-refractivity contribution >= 4 is 22.2 Å². The summed E-state index contributed by atoms with van der Waals surface area (Å²) >= 11 is 3.34. The Bertz CT molecular complexity index is 320. The largest absolute Gasteiger partial charge is 0.367 e. The first-order valence-corrected chi connectivity index (χ1v) is 6.88. The van der Waals surface area contributed by atoms with Gasteiger partial charge >= 0.3 is 0 Å². The molecule has 2 heterocycles. The van der Waals surface area contributed by atoms with Crippen LogP contribution >= 0.6 is 15.9 Å². The molecule has 2 saturated heterocycles. The minimum absolute atomic E-state index is 0.0215. The van der Waals surface area contributed by atoms with Crippen LogP contribution < -0.4 is 0 Å². The van der Waals surface area contributed by atoms with E-state index in [2.05, 4.69) is 15.9 Å². The average molecular weight is 307 g/mol. The third-order valence-corrected chi connectivity index (χ3v) is 4.18. The highest BCUT2D eigenvalue weighted by Crippen LogP contribution is 2.48. The zero-order valence-corrected chi connectivity index (χ0v) is 12.2. The molecule has 2 aliphatic rings. The summed E-state index contributed by atoms with van der Waals surface area (Å²) in [7, 11) is 0. The fraction of sp³-hybridized carbons (Fsp3) is 0.917. The molecule has 4 nitrogen and oxygen atoms in total. The molecule has 0 aromatic carbocycles. The molecule has 0 aromatic rings. The second-order valence-electron chi connectivity index (χ2n) is 5.31. The summed E-state index contributed by atoms with van der Waals surface area (Å²) in [4.78, 5) is 10.6. The fourth-order valence-electron chi connectivity index (χ4n) is 2.87. The number of carbonyl (C=O) groups is 1. The SMILES string of the molecule is CC[C@H]1OC(C(Br)C=O)[C@]2(C)OC(C)(C)O[C@H]12. The predicted octanol–water partition coefficient (Wildman–Crippen LogP) is 2.04. The van der Waals surface area contributed by atoms with Crippen LogP contribution in [0.25, 0.3) is 0 Å².